The van der Waals surface area contributed by atoms with Crippen molar-refractivity contribution in [2.75, 3.05) is 18.4 Å². The van der Waals surface area contributed by atoms with E-state index in [4.69, 9.17) is 11.6 Å². The van der Waals surface area contributed by atoms with Crippen LogP contribution >= 0.6 is 11.6 Å². The van der Waals surface area contributed by atoms with Crippen molar-refractivity contribution >= 4 is 34.7 Å². The zero-order valence-electron chi connectivity index (χ0n) is 15.1. The minimum absolute atomic E-state index is 0.0440. The topological polar surface area (TPSA) is 99.6 Å². The molecule has 0 aliphatic carbocycles. The van der Waals surface area contributed by atoms with Gasteiger partial charge < -0.3 is 10.2 Å². The lowest BCUT2D eigenvalue weighted by Gasteiger charge is -2.13. The number of hydrogen-bond donors (Lipinski definition) is 2. The fraction of sp³-hybridized carbons (Fsp3) is 0.263. The number of aromatic amines is 1. The summed E-state index contributed by atoms with van der Waals surface area (Å²) in [5.74, 6) is -0.533. The third-order valence-corrected chi connectivity index (χ3v) is 5.09. The van der Waals surface area contributed by atoms with E-state index in [9.17, 15) is 14.4 Å². The third-order valence-electron chi connectivity index (χ3n) is 4.86. The van der Waals surface area contributed by atoms with Crippen LogP contribution in [0.2, 0.25) is 5.02 Å². The van der Waals surface area contributed by atoms with Gasteiger partial charge in [-0.3, -0.25) is 19.5 Å². The molecule has 2 amide bonds. The van der Waals surface area contributed by atoms with Crippen LogP contribution in [0.25, 0.3) is 5.65 Å². The summed E-state index contributed by atoms with van der Waals surface area (Å²) in [6.07, 6.45) is 1.75. The average molecular weight is 400 g/mol. The number of nitrogens with one attached hydrogen (secondary N) is 2. The van der Waals surface area contributed by atoms with Crippen molar-refractivity contribution in [2.24, 2.45) is 0 Å². The smallest absolute Gasteiger partial charge is 0.272 e. The highest BCUT2D eigenvalue weighted by molar-refractivity contribution is 6.31. The molecule has 1 aliphatic rings. The number of halogens is 1. The van der Waals surface area contributed by atoms with Crippen LogP contribution in [-0.2, 0) is 4.79 Å². The van der Waals surface area contributed by atoms with E-state index >= 15 is 0 Å². The van der Waals surface area contributed by atoms with E-state index in [0.29, 0.717) is 35.9 Å². The van der Waals surface area contributed by atoms with Gasteiger partial charge in [-0.25, -0.2) is 9.50 Å². The molecule has 9 heteroatoms. The fourth-order valence-corrected chi connectivity index (χ4v) is 3.61. The van der Waals surface area contributed by atoms with Gasteiger partial charge in [0.15, 0.2) is 5.65 Å². The molecule has 3 heterocycles. The van der Waals surface area contributed by atoms with Gasteiger partial charge in [-0.15, -0.1) is 0 Å². The van der Waals surface area contributed by atoms with Gasteiger partial charge >= 0.3 is 0 Å². The normalized spacial score (nSPS) is 16.7. The summed E-state index contributed by atoms with van der Waals surface area (Å²) >= 11 is 5.95. The number of aromatic nitrogens is 3. The summed E-state index contributed by atoms with van der Waals surface area (Å²) in [5.41, 5.74) is 1.19. The summed E-state index contributed by atoms with van der Waals surface area (Å²) in [4.78, 5) is 43.5. The zero-order chi connectivity index (χ0) is 19.8. The van der Waals surface area contributed by atoms with Crippen molar-refractivity contribution in [2.45, 2.75) is 19.3 Å². The summed E-state index contributed by atoms with van der Waals surface area (Å²) in [7, 11) is 0. The van der Waals surface area contributed by atoms with E-state index in [-0.39, 0.29) is 28.6 Å². The summed E-state index contributed by atoms with van der Waals surface area (Å²) < 4.78 is 1.21. The van der Waals surface area contributed by atoms with Gasteiger partial charge in [0.2, 0.25) is 5.91 Å². The number of H-pyrrole nitrogens is 1. The summed E-state index contributed by atoms with van der Waals surface area (Å²) in [6.45, 7) is 3.05. The number of anilines is 1. The molecular formula is C19H18ClN5O3. The van der Waals surface area contributed by atoms with Crippen LogP contribution < -0.4 is 10.9 Å². The highest BCUT2D eigenvalue weighted by atomic mass is 35.5. The second-order valence-corrected chi connectivity index (χ2v) is 7.10. The van der Waals surface area contributed by atoms with Crippen LogP contribution in [-0.4, -0.2) is 44.4 Å². The number of rotatable bonds is 4. The molecule has 1 aliphatic heterocycles. The van der Waals surface area contributed by atoms with Crippen molar-refractivity contribution in [1.82, 2.24) is 19.5 Å². The molecular weight excluding hydrogens is 382 g/mol. The number of hydrogen-bond acceptors (Lipinski definition) is 4. The first-order chi connectivity index (χ1) is 13.5. The maximum absolute atomic E-state index is 12.7. The van der Waals surface area contributed by atoms with Gasteiger partial charge in [-0.2, -0.15) is 0 Å². The van der Waals surface area contributed by atoms with E-state index < -0.39 is 5.91 Å². The average Bonchev–Trinajstić information content (AvgIpc) is 3.25. The largest absolute Gasteiger partial charge is 0.342 e. The van der Waals surface area contributed by atoms with Gasteiger partial charge in [0, 0.05) is 48.4 Å². The molecule has 8 nitrogen and oxygen atoms in total. The van der Waals surface area contributed by atoms with Crippen molar-refractivity contribution in [3.05, 3.63) is 63.2 Å². The van der Waals surface area contributed by atoms with Crippen LogP contribution in [0.3, 0.4) is 0 Å². The number of likely N-dealkylation sites (tertiary alicyclic amines) is 1. The standard InChI is InChI=1S/C19H18ClN5O3/c1-2-24-10-11(6-16(24)26)15-8-17(27)25-18(23-15)14(9-21-25)19(28)22-13-5-3-4-12(20)7-13/h3-5,7-9,11,21H,2,6,10H2,1H3,(H,22,28)/t11-/m1/s1. The van der Waals surface area contributed by atoms with Crippen LogP contribution in [0.1, 0.15) is 35.3 Å². The number of nitrogens with zero attached hydrogens (tertiary/aromatic N) is 3. The molecule has 0 radical (unpaired) electrons. The molecule has 0 spiro atoms. The van der Waals surface area contributed by atoms with Crippen molar-refractivity contribution < 1.29 is 9.59 Å². The number of carbonyl (C=O) groups is 2. The Hall–Kier alpha value is -3.13. The number of fused-ring (bicyclic) bond motifs is 1. The zero-order valence-corrected chi connectivity index (χ0v) is 15.9. The molecule has 4 rings (SSSR count). The Morgan fingerprint density at radius 3 is 2.89 bits per heavy atom. The SMILES string of the molecule is CCN1C[C@H](c2cc(=O)n3[nH]cc(C(=O)Nc4cccc(Cl)c4)c3n2)CC1=O. The summed E-state index contributed by atoms with van der Waals surface area (Å²) in [5, 5.41) is 6.01. The predicted molar refractivity (Wildman–Crippen MR) is 105 cm³/mol. The van der Waals surface area contributed by atoms with E-state index in [2.05, 4.69) is 15.4 Å². The molecule has 3 aromatic rings. The van der Waals surface area contributed by atoms with Gasteiger partial charge in [-0.1, -0.05) is 17.7 Å². The first-order valence-electron chi connectivity index (χ1n) is 8.92. The van der Waals surface area contributed by atoms with E-state index in [0.717, 1.165) is 0 Å². The van der Waals surface area contributed by atoms with Crippen LogP contribution in [0.5, 0.6) is 0 Å². The lowest BCUT2D eigenvalue weighted by molar-refractivity contribution is -0.127. The Morgan fingerprint density at radius 2 is 2.18 bits per heavy atom. The molecule has 0 unspecified atom stereocenters. The Labute approximate surface area is 165 Å². The number of likely N-dealkylation sites (N-methyl/N-ethyl adjacent to an activating group) is 1. The molecule has 28 heavy (non-hydrogen) atoms. The second kappa shape index (κ2) is 7.12. The maximum Gasteiger partial charge on any atom is 0.272 e. The quantitative estimate of drug-likeness (QED) is 0.702. The minimum Gasteiger partial charge on any atom is -0.342 e. The van der Waals surface area contributed by atoms with Gasteiger partial charge in [0.25, 0.3) is 11.5 Å². The Kier molecular flexibility index (Phi) is 4.64. The van der Waals surface area contributed by atoms with E-state index in [1.807, 2.05) is 6.92 Å². The van der Waals surface area contributed by atoms with E-state index in [1.165, 1.54) is 16.8 Å². The van der Waals surface area contributed by atoms with E-state index in [1.54, 1.807) is 29.2 Å². The van der Waals surface area contributed by atoms with Crippen LogP contribution in [0.15, 0.2) is 41.3 Å². The highest BCUT2D eigenvalue weighted by Gasteiger charge is 2.31. The number of amides is 2. The Morgan fingerprint density at radius 1 is 1.36 bits per heavy atom. The minimum atomic E-state index is -0.414. The molecule has 1 atom stereocenters. The molecule has 2 aromatic heterocycles. The van der Waals surface area contributed by atoms with Gasteiger partial charge in [0.1, 0.15) is 5.56 Å². The fourth-order valence-electron chi connectivity index (χ4n) is 3.42. The molecule has 1 saturated heterocycles. The van der Waals surface area contributed by atoms with Gasteiger partial charge in [0.05, 0.1) is 5.69 Å². The lowest BCUT2D eigenvalue weighted by Crippen LogP contribution is -2.24. The molecule has 0 bridgehead atoms. The Bertz CT molecular complexity index is 1140. The number of carbonyl (C=O) groups excluding carboxylic acids is 2. The monoisotopic (exact) mass is 399 g/mol. The first kappa shape index (κ1) is 18.2. The predicted octanol–water partition coefficient (Wildman–Crippen LogP) is 2.26. The second-order valence-electron chi connectivity index (χ2n) is 6.66. The Balaban J connectivity index is 1.68. The van der Waals surface area contributed by atoms with Crippen LogP contribution in [0.4, 0.5) is 5.69 Å². The molecule has 0 saturated carbocycles. The highest BCUT2D eigenvalue weighted by Crippen LogP contribution is 2.26. The van der Waals surface area contributed by atoms with Crippen molar-refractivity contribution in [1.29, 1.82) is 0 Å². The third kappa shape index (κ3) is 3.27. The molecule has 144 valence electrons. The number of benzene rings is 1. The first-order valence-corrected chi connectivity index (χ1v) is 9.30. The summed E-state index contributed by atoms with van der Waals surface area (Å²) in [6, 6.07) is 8.19. The van der Waals surface area contributed by atoms with Crippen molar-refractivity contribution in [3.63, 3.8) is 0 Å². The van der Waals surface area contributed by atoms with Crippen molar-refractivity contribution in [3.8, 4) is 0 Å². The molecule has 1 aromatic carbocycles. The molecule has 1 fully saturated rings. The maximum atomic E-state index is 12.7. The van der Waals surface area contributed by atoms with Crippen LogP contribution in [0, 0.1) is 0 Å². The van der Waals surface area contributed by atoms with Gasteiger partial charge in [-0.05, 0) is 25.1 Å². The molecule has 2 N–H and O–H groups in total. The lowest BCUT2D eigenvalue weighted by atomic mass is 10.0.